The van der Waals surface area contributed by atoms with Gasteiger partial charge in [-0.15, -0.1) is 0 Å². The molecule has 7 heteroatoms. The lowest BCUT2D eigenvalue weighted by Gasteiger charge is -2.29. The summed E-state index contributed by atoms with van der Waals surface area (Å²) in [5, 5.41) is 5.70. The van der Waals surface area contributed by atoms with Crippen molar-refractivity contribution in [2.45, 2.75) is 57.8 Å². The normalized spacial score (nSPS) is 20.9. The van der Waals surface area contributed by atoms with Crippen LogP contribution >= 0.6 is 0 Å². The van der Waals surface area contributed by atoms with Gasteiger partial charge in [0.15, 0.2) is 0 Å². The number of hydrogen-bond acceptors (Lipinski definition) is 5. The van der Waals surface area contributed by atoms with Gasteiger partial charge in [-0.2, -0.15) is 0 Å². The molecular formula is C19H26N4O3. The molecule has 0 radical (unpaired) electrons. The number of nitrogens with one attached hydrogen (secondary N) is 2. The second-order valence-corrected chi connectivity index (χ2v) is 7.15. The summed E-state index contributed by atoms with van der Waals surface area (Å²) in [5.74, 6) is -0.771. The first-order chi connectivity index (χ1) is 12.5. The predicted octanol–water partition coefficient (Wildman–Crippen LogP) is 0.665. The number of piperidine rings is 1. The summed E-state index contributed by atoms with van der Waals surface area (Å²) in [7, 11) is 0. The van der Waals surface area contributed by atoms with Crippen molar-refractivity contribution in [2.75, 3.05) is 6.54 Å². The maximum absolute atomic E-state index is 12.9. The number of imide groups is 1. The Labute approximate surface area is 153 Å². The quantitative estimate of drug-likeness (QED) is 0.491. The van der Waals surface area contributed by atoms with Gasteiger partial charge in [-0.05, 0) is 43.9 Å². The monoisotopic (exact) mass is 358 g/mol. The van der Waals surface area contributed by atoms with Crippen LogP contribution in [0.1, 0.15) is 54.1 Å². The van der Waals surface area contributed by atoms with Crippen LogP contribution in [0.15, 0.2) is 18.2 Å². The summed E-state index contributed by atoms with van der Waals surface area (Å²) in [5.41, 5.74) is 8.33. The van der Waals surface area contributed by atoms with Crippen molar-refractivity contribution in [3.05, 3.63) is 34.9 Å². The van der Waals surface area contributed by atoms with Gasteiger partial charge < -0.3 is 16.0 Å². The molecular weight excluding hydrogens is 332 g/mol. The van der Waals surface area contributed by atoms with Gasteiger partial charge in [0.05, 0.1) is 0 Å². The maximum Gasteiger partial charge on any atom is 0.255 e. The first-order valence-electron chi connectivity index (χ1n) is 9.19. The van der Waals surface area contributed by atoms with Crippen molar-refractivity contribution in [2.24, 2.45) is 5.73 Å². The molecule has 26 heavy (non-hydrogen) atoms. The minimum absolute atomic E-state index is 0.123. The number of nitrogens with zero attached hydrogens (tertiary/aromatic N) is 1. The Morgan fingerprint density at radius 2 is 2.15 bits per heavy atom. The van der Waals surface area contributed by atoms with Crippen LogP contribution in [0.3, 0.4) is 0 Å². The summed E-state index contributed by atoms with van der Waals surface area (Å²) in [4.78, 5) is 38.0. The van der Waals surface area contributed by atoms with E-state index in [2.05, 4.69) is 10.6 Å². The molecule has 0 aliphatic carbocycles. The molecule has 2 heterocycles. The molecule has 1 saturated heterocycles. The van der Waals surface area contributed by atoms with Crippen LogP contribution in [-0.4, -0.2) is 41.2 Å². The molecule has 4 N–H and O–H groups in total. The fourth-order valence-corrected chi connectivity index (χ4v) is 3.61. The van der Waals surface area contributed by atoms with Gasteiger partial charge in [0, 0.05) is 31.1 Å². The first kappa shape index (κ1) is 18.5. The van der Waals surface area contributed by atoms with Crippen molar-refractivity contribution in [1.29, 1.82) is 0 Å². The lowest BCUT2D eigenvalue weighted by Crippen LogP contribution is -2.52. The zero-order valence-corrected chi connectivity index (χ0v) is 15.1. The maximum atomic E-state index is 12.9. The van der Waals surface area contributed by atoms with E-state index in [-0.39, 0.29) is 30.2 Å². The van der Waals surface area contributed by atoms with Gasteiger partial charge in [0.25, 0.3) is 5.91 Å². The average molecular weight is 358 g/mol. The topological polar surface area (TPSA) is 105 Å². The molecule has 0 aromatic heterocycles. The Hall–Kier alpha value is -2.25. The van der Waals surface area contributed by atoms with Crippen LogP contribution in [0.25, 0.3) is 0 Å². The molecule has 0 bridgehead atoms. The number of nitrogens with two attached hydrogens (primary N) is 1. The van der Waals surface area contributed by atoms with E-state index in [4.69, 9.17) is 5.73 Å². The van der Waals surface area contributed by atoms with Crippen LogP contribution in [0.2, 0.25) is 0 Å². The van der Waals surface area contributed by atoms with Crippen molar-refractivity contribution in [3.8, 4) is 0 Å². The second-order valence-electron chi connectivity index (χ2n) is 7.15. The zero-order chi connectivity index (χ0) is 18.7. The van der Waals surface area contributed by atoms with E-state index in [1.54, 1.807) is 4.90 Å². The standard InChI is InChI=1S/C19H26N4O3/c1-12(20)4-3-9-21-10-13-5-2-6-14-11-23(19(26)17(13)14)15-7-8-16(24)22-18(15)25/h2,5-6,12,15,21H,3-4,7-11,20H2,1H3,(H,22,24,25). The zero-order valence-electron chi connectivity index (χ0n) is 15.1. The molecule has 2 atom stereocenters. The average Bonchev–Trinajstić information content (AvgIpc) is 2.92. The lowest BCUT2D eigenvalue weighted by molar-refractivity contribution is -0.136. The number of benzene rings is 1. The molecule has 2 aliphatic rings. The SMILES string of the molecule is CC(N)CCCNCc1cccc2c1C(=O)N(C1CCC(=O)NC1=O)C2. The Balaban J connectivity index is 1.66. The molecule has 2 unspecified atom stereocenters. The molecule has 7 nitrogen and oxygen atoms in total. The molecule has 1 aromatic carbocycles. The van der Waals surface area contributed by atoms with Crippen molar-refractivity contribution < 1.29 is 14.4 Å². The number of hydrogen-bond donors (Lipinski definition) is 3. The van der Waals surface area contributed by atoms with Crippen LogP contribution < -0.4 is 16.4 Å². The van der Waals surface area contributed by atoms with E-state index in [9.17, 15) is 14.4 Å². The van der Waals surface area contributed by atoms with E-state index in [0.717, 1.165) is 30.5 Å². The molecule has 140 valence electrons. The highest BCUT2D eigenvalue weighted by molar-refractivity contribution is 6.05. The predicted molar refractivity (Wildman–Crippen MR) is 97.1 cm³/mol. The molecule has 1 fully saturated rings. The lowest BCUT2D eigenvalue weighted by atomic mass is 10.0. The summed E-state index contributed by atoms with van der Waals surface area (Å²) >= 11 is 0. The fraction of sp³-hybridized carbons (Fsp3) is 0.526. The number of fused-ring (bicyclic) bond motifs is 1. The third-order valence-electron chi connectivity index (χ3n) is 4.97. The summed E-state index contributed by atoms with van der Waals surface area (Å²) < 4.78 is 0. The van der Waals surface area contributed by atoms with E-state index < -0.39 is 6.04 Å². The van der Waals surface area contributed by atoms with Gasteiger partial charge in [0.1, 0.15) is 6.04 Å². The van der Waals surface area contributed by atoms with Gasteiger partial charge in [-0.1, -0.05) is 18.2 Å². The highest BCUT2D eigenvalue weighted by Crippen LogP contribution is 2.29. The summed E-state index contributed by atoms with van der Waals surface area (Å²) in [6, 6.07) is 5.45. The van der Waals surface area contributed by atoms with Gasteiger partial charge in [-0.3, -0.25) is 19.7 Å². The van der Waals surface area contributed by atoms with E-state index >= 15 is 0 Å². The molecule has 3 rings (SSSR count). The summed E-state index contributed by atoms with van der Waals surface area (Å²) in [6.07, 6.45) is 2.60. The highest BCUT2D eigenvalue weighted by atomic mass is 16.2. The van der Waals surface area contributed by atoms with E-state index in [0.29, 0.717) is 25.1 Å². The van der Waals surface area contributed by atoms with Gasteiger partial charge >= 0.3 is 0 Å². The Morgan fingerprint density at radius 1 is 1.35 bits per heavy atom. The van der Waals surface area contributed by atoms with Crippen LogP contribution in [0, 0.1) is 0 Å². The highest BCUT2D eigenvalue weighted by Gasteiger charge is 2.39. The Bertz CT molecular complexity index is 717. The van der Waals surface area contributed by atoms with Crippen LogP contribution in [-0.2, 0) is 22.7 Å². The minimum Gasteiger partial charge on any atom is -0.328 e. The van der Waals surface area contributed by atoms with Gasteiger partial charge in [-0.25, -0.2) is 0 Å². The number of carbonyl (C=O) groups excluding carboxylic acids is 3. The molecule has 0 saturated carbocycles. The third kappa shape index (κ3) is 3.94. The smallest absolute Gasteiger partial charge is 0.255 e. The van der Waals surface area contributed by atoms with Crippen molar-refractivity contribution in [1.82, 2.24) is 15.5 Å². The van der Waals surface area contributed by atoms with Crippen LogP contribution in [0.5, 0.6) is 0 Å². The summed E-state index contributed by atoms with van der Waals surface area (Å²) in [6.45, 7) is 3.86. The molecule has 3 amide bonds. The van der Waals surface area contributed by atoms with Crippen LogP contribution in [0.4, 0.5) is 0 Å². The molecule has 0 spiro atoms. The fourth-order valence-electron chi connectivity index (χ4n) is 3.61. The Morgan fingerprint density at radius 3 is 2.88 bits per heavy atom. The largest absolute Gasteiger partial charge is 0.328 e. The van der Waals surface area contributed by atoms with Crippen molar-refractivity contribution >= 4 is 17.7 Å². The second kappa shape index (κ2) is 7.97. The number of carbonyl (C=O) groups is 3. The minimum atomic E-state index is -0.570. The van der Waals surface area contributed by atoms with E-state index in [1.165, 1.54) is 0 Å². The number of amides is 3. The van der Waals surface area contributed by atoms with Gasteiger partial charge in [0.2, 0.25) is 11.8 Å². The van der Waals surface area contributed by atoms with Crippen molar-refractivity contribution in [3.63, 3.8) is 0 Å². The first-order valence-corrected chi connectivity index (χ1v) is 9.19. The Kier molecular flexibility index (Phi) is 5.68. The van der Waals surface area contributed by atoms with E-state index in [1.807, 2.05) is 25.1 Å². The molecule has 2 aliphatic heterocycles. The molecule has 1 aromatic rings. The number of rotatable bonds is 7. The third-order valence-corrected chi connectivity index (χ3v) is 4.97.